The molecular formula is C13H16F3NO4. The van der Waals surface area contributed by atoms with Gasteiger partial charge in [0, 0.05) is 5.56 Å². The zero-order valence-corrected chi connectivity index (χ0v) is 11.4. The monoisotopic (exact) mass is 307 g/mol. The number of aliphatic hydroxyl groups excluding tert-OH is 1. The molecule has 0 aliphatic rings. The highest BCUT2D eigenvalue weighted by atomic mass is 19.4. The van der Waals surface area contributed by atoms with Crippen LogP contribution >= 0.6 is 0 Å². The van der Waals surface area contributed by atoms with Crippen LogP contribution in [0.2, 0.25) is 0 Å². The van der Waals surface area contributed by atoms with Crippen LogP contribution in [-0.4, -0.2) is 36.9 Å². The van der Waals surface area contributed by atoms with Gasteiger partial charge in [-0.3, -0.25) is 4.79 Å². The number of halogens is 3. The largest absolute Gasteiger partial charge is 0.490 e. The Bertz CT molecular complexity index is 477. The first kappa shape index (κ1) is 17.1. The van der Waals surface area contributed by atoms with E-state index in [4.69, 9.17) is 9.47 Å². The van der Waals surface area contributed by atoms with E-state index in [9.17, 15) is 23.1 Å². The number of benzene rings is 1. The summed E-state index contributed by atoms with van der Waals surface area (Å²) >= 11 is 0. The number of ether oxygens (including phenoxy) is 2. The van der Waals surface area contributed by atoms with Crippen molar-refractivity contribution in [3.63, 3.8) is 0 Å². The van der Waals surface area contributed by atoms with E-state index in [0.29, 0.717) is 17.9 Å². The minimum Gasteiger partial charge on any atom is -0.490 e. The molecule has 5 nitrogen and oxygen atoms in total. The zero-order valence-electron chi connectivity index (χ0n) is 11.4. The van der Waals surface area contributed by atoms with Crippen molar-refractivity contribution < 1.29 is 32.5 Å². The van der Waals surface area contributed by atoms with Gasteiger partial charge in [-0.05, 0) is 13.0 Å². The lowest BCUT2D eigenvalue weighted by molar-refractivity contribution is -0.139. The minimum atomic E-state index is -4.48. The number of para-hydroxylation sites is 1. The van der Waals surface area contributed by atoms with Gasteiger partial charge < -0.3 is 19.9 Å². The van der Waals surface area contributed by atoms with Gasteiger partial charge in [-0.1, -0.05) is 12.1 Å². The highest BCUT2D eigenvalue weighted by molar-refractivity contribution is 5.77. The van der Waals surface area contributed by atoms with Crippen LogP contribution in [0, 0.1) is 0 Å². The lowest BCUT2D eigenvalue weighted by Crippen LogP contribution is -2.36. The Balaban J connectivity index is 2.67. The van der Waals surface area contributed by atoms with Crippen molar-refractivity contribution in [2.45, 2.75) is 19.7 Å². The summed E-state index contributed by atoms with van der Waals surface area (Å²) in [6.07, 6.45) is -4.48. The third-order valence-electron chi connectivity index (χ3n) is 2.36. The Hall–Kier alpha value is -1.96. The van der Waals surface area contributed by atoms with Crippen LogP contribution in [0.15, 0.2) is 18.2 Å². The number of hydrogen-bond donors (Lipinski definition) is 2. The van der Waals surface area contributed by atoms with Crippen LogP contribution in [0.3, 0.4) is 0 Å². The van der Waals surface area contributed by atoms with Gasteiger partial charge in [0.15, 0.2) is 18.1 Å². The number of hydrogen-bond acceptors (Lipinski definition) is 4. The first-order valence-electron chi connectivity index (χ1n) is 6.19. The molecule has 8 heteroatoms. The van der Waals surface area contributed by atoms with Gasteiger partial charge in [-0.2, -0.15) is 13.2 Å². The van der Waals surface area contributed by atoms with Crippen LogP contribution in [0.5, 0.6) is 11.5 Å². The summed E-state index contributed by atoms with van der Waals surface area (Å²) in [5, 5.41) is 10.9. The quantitative estimate of drug-likeness (QED) is 0.803. The summed E-state index contributed by atoms with van der Waals surface area (Å²) < 4.78 is 46.3. The molecule has 0 spiro atoms. The highest BCUT2D eigenvalue weighted by Crippen LogP contribution is 2.31. The second-order valence-electron chi connectivity index (χ2n) is 4.02. The van der Waals surface area contributed by atoms with E-state index in [1.807, 2.05) is 0 Å². The van der Waals surface area contributed by atoms with Crippen LogP contribution in [-0.2, 0) is 11.4 Å². The molecule has 0 aromatic heterocycles. The molecule has 0 aliphatic carbocycles. The van der Waals surface area contributed by atoms with E-state index in [2.05, 4.69) is 0 Å². The molecule has 0 saturated carbocycles. The number of carbonyl (C=O) groups excluding carboxylic acids is 1. The lowest BCUT2D eigenvalue weighted by atomic mass is 10.2. The Morgan fingerprint density at radius 2 is 2.05 bits per heavy atom. The summed E-state index contributed by atoms with van der Waals surface area (Å²) in [7, 11) is 0. The third kappa shape index (κ3) is 5.90. The molecule has 0 heterocycles. The Morgan fingerprint density at radius 3 is 2.62 bits per heavy atom. The second kappa shape index (κ2) is 7.72. The molecule has 2 N–H and O–H groups in total. The molecule has 1 aromatic rings. The summed E-state index contributed by atoms with van der Waals surface area (Å²) in [6, 6.07) is 4.77. The SMILES string of the molecule is CCOc1cccc(CO)c1OCC(=O)NCC(F)(F)F. The van der Waals surface area contributed by atoms with Gasteiger partial charge in [0.25, 0.3) is 5.91 Å². The van der Waals surface area contributed by atoms with E-state index >= 15 is 0 Å². The van der Waals surface area contributed by atoms with E-state index in [1.165, 1.54) is 0 Å². The van der Waals surface area contributed by atoms with E-state index in [0.717, 1.165) is 0 Å². The van der Waals surface area contributed by atoms with Crippen molar-refractivity contribution in [2.75, 3.05) is 19.8 Å². The van der Waals surface area contributed by atoms with Crippen molar-refractivity contribution in [1.29, 1.82) is 0 Å². The molecule has 1 rings (SSSR count). The van der Waals surface area contributed by atoms with Crippen LogP contribution in [0.25, 0.3) is 0 Å². The molecule has 21 heavy (non-hydrogen) atoms. The third-order valence-corrected chi connectivity index (χ3v) is 2.36. The topological polar surface area (TPSA) is 67.8 Å². The maximum absolute atomic E-state index is 12.0. The Labute approximate surface area is 119 Å². The average Bonchev–Trinajstić information content (AvgIpc) is 2.43. The van der Waals surface area contributed by atoms with Crippen molar-refractivity contribution in [3.05, 3.63) is 23.8 Å². The smallest absolute Gasteiger partial charge is 0.405 e. The normalized spacial score (nSPS) is 11.1. The van der Waals surface area contributed by atoms with Gasteiger partial charge in [0.05, 0.1) is 13.2 Å². The molecule has 0 fully saturated rings. The maximum atomic E-state index is 12.0. The summed E-state index contributed by atoms with van der Waals surface area (Å²) in [5.74, 6) is -0.459. The van der Waals surface area contributed by atoms with Gasteiger partial charge in [-0.25, -0.2) is 0 Å². The zero-order chi connectivity index (χ0) is 15.9. The van der Waals surface area contributed by atoms with Gasteiger partial charge in [0.1, 0.15) is 6.54 Å². The fraction of sp³-hybridized carbons (Fsp3) is 0.462. The van der Waals surface area contributed by atoms with Gasteiger partial charge >= 0.3 is 6.18 Å². The number of carbonyl (C=O) groups is 1. The molecular weight excluding hydrogens is 291 g/mol. The molecule has 0 unspecified atom stereocenters. The van der Waals surface area contributed by atoms with Gasteiger partial charge in [0.2, 0.25) is 0 Å². The number of aliphatic hydroxyl groups is 1. The summed E-state index contributed by atoms with van der Waals surface area (Å²) in [6.45, 7) is -0.292. The number of alkyl halides is 3. The highest BCUT2D eigenvalue weighted by Gasteiger charge is 2.27. The lowest BCUT2D eigenvalue weighted by Gasteiger charge is -2.15. The molecule has 1 amide bonds. The van der Waals surface area contributed by atoms with Crippen LogP contribution in [0.4, 0.5) is 13.2 Å². The molecule has 0 radical (unpaired) electrons. The van der Waals surface area contributed by atoms with Crippen molar-refractivity contribution >= 4 is 5.91 Å². The molecule has 0 atom stereocenters. The Kier molecular flexibility index (Phi) is 6.29. The van der Waals surface area contributed by atoms with Crippen molar-refractivity contribution in [2.24, 2.45) is 0 Å². The standard InChI is InChI=1S/C13H16F3NO4/c1-2-20-10-5-3-4-9(6-18)12(10)21-7-11(19)17-8-13(14,15)16/h3-5,18H,2,6-8H2,1H3,(H,17,19). The van der Waals surface area contributed by atoms with Crippen molar-refractivity contribution in [1.82, 2.24) is 5.32 Å². The molecule has 118 valence electrons. The average molecular weight is 307 g/mol. The first-order chi connectivity index (χ1) is 9.87. The van der Waals surface area contributed by atoms with E-state index in [-0.39, 0.29) is 12.4 Å². The molecule has 0 saturated heterocycles. The second-order valence-corrected chi connectivity index (χ2v) is 4.02. The molecule has 1 aromatic carbocycles. The predicted molar refractivity (Wildman–Crippen MR) is 68.1 cm³/mol. The Morgan fingerprint density at radius 1 is 1.33 bits per heavy atom. The maximum Gasteiger partial charge on any atom is 0.405 e. The minimum absolute atomic E-state index is 0.143. The number of nitrogens with one attached hydrogen (secondary N) is 1. The molecule has 0 bridgehead atoms. The van der Waals surface area contributed by atoms with Gasteiger partial charge in [-0.15, -0.1) is 0 Å². The fourth-order valence-electron chi connectivity index (χ4n) is 1.51. The fourth-order valence-corrected chi connectivity index (χ4v) is 1.51. The number of rotatable bonds is 7. The van der Waals surface area contributed by atoms with E-state index < -0.39 is 25.2 Å². The first-order valence-corrected chi connectivity index (χ1v) is 6.19. The van der Waals surface area contributed by atoms with E-state index in [1.54, 1.807) is 30.4 Å². The summed E-state index contributed by atoms with van der Waals surface area (Å²) in [4.78, 5) is 11.3. The van der Waals surface area contributed by atoms with Crippen molar-refractivity contribution in [3.8, 4) is 11.5 Å². The van der Waals surface area contributed by atoms with Crippen LogP contribution in [0.1, 0.15) is 12.5 Å². The van der Waals surface area contributed by atoms with Crippen LogP contribution < -0.4 is 14.8 Å². The summed E-state index contributed by atoms with van der Waals surface area (Å²) in [5.41, 5.74) is 0.379. The number of amides is 1. The predicted octanol–water partition coefficient (Wildman–Crippen LogP) is 1.63. The molecule has 0 aliphatic heterocycles.